The number of aromatic nitrogens is 25. The first-order chi connectivity index (χ1) is 38.7. The van der Waals surface area contributed by atoms with E-state index in [0.717, 1.165) is 75.3 Å². The third kappa shape index (κ3) is 22.8. The second-order valence-electron chi connectivity index (χ2n) is 20.7. The molecule has 0 amide bonds. The van der Waals surface area contributed by atoms with Gasteiger partial charge >= 0.3 is 0 Å². The summed E-state index contributed by atoms with van der Waals surface area (Å²) in [7, 11) is 19.6. The molecule has 0 saturated carbocycles. The molecule has 10 heterocycles. The molecule has 0 aliphatic carbocycles. The minimum absolute atomic E-state index is 0.623. The van der Waals surface area contributed by atoms with Gasteiger partial charge in [0.2, 0.25) is 5.89 Å². The van der Waals surface area contributed by atoms with E-state index in [1.165, 1.54) is 51.0 Å². The Hall–Kier alpha value is -8.32. The summed E-state index contributed by atoms with van der Waals surface area (Å²) in [6.45, 7) is 47.7. The molecule has 10 rings (SSSR count). The van der Waals surface area contributed by atoms with Crippen LogP contribution in [-0.4, -0.2) is 118 Å². The molecule has 0 aromatic carbocycles. The van der Waals surface area contributed by atoms with Crippen LogP contribution in [0.3, 0.4) is 0 Å². The van der Waals surface area contributed by atoms with Gasteiger partial charge in [-0.05, 0) is 155 Å². The van der Waals surface area contributed by atoms with Crippen molar-refractivity contribution in [2.75, 3.05) is 0 Å². The molecule has 0 spiro atoms. The topological polar surface area (TPSA) is 255 Å². The number of imidazole rings is 1. The monoisotopic (exact) mass is 1160 g/mol. The zero-order chi connectivity index (χ0) is 64.9. The fourth-order valence-corrected chi connectivity index (χ4v) is 7.12. The van der Waals surface area contributed by atoms with E-state index in [1.54, 1.807) is 27.9 Å². The van der Waals surface area contributed by atoms with Gasteiger partial charge in [0.05, 0.1) is 31.2 Å². The number of hydrogen-bond donors (Lipinski definition) is 0. The van der Waals surface area contributed by atoms with Gasteiger partial charge in [-0.15, -0.1) is 20.4 Å². The number of aryl methyl sites for hydroxylation is 21. The van der Waals surface area contributed by atoms with Crippen molar-refractivity contribution in [1.82, 2.24) is 118 Å². The maximum absolute atomic E-state index is 4.60. The van der Waals surface area contributed by atoms with Gasteiger partial charge in [-0.1, -0.05) is 5.16 Å². The van der Waals surface area contributed by atoms with Crippen molar-refractivity contribution < 1.29 is 9.09 Å². The molecule has 0 aliphatic heterocycles. The van der Waals surface area contributed by atoms with Gasteiger partial charge in [-0.3, -0.25) is 28.1 Å². The van der Waals surface area contributed by atoms with Crippen LogP contribution in [0.2, 0.25) is 0 Å². The van der Waals surface area contributed by atoms with E-state index < -0.39 is 0 Å². The second-order valence-corrected chi connectivity index (χ2v) is 20.7. The van der Waals surface area contributed by atoms with Crippen LogP contribution < -0.4 is 4.57 Å². The highest BCUT2D eigenvalue weighted by molar-refractivity contribution is 5.23. The van der Waals surface area contributed by atoms with Crippen LogP contribution in [-0.2, 0) is 70.5 Å². The average molecular weight is 1170 g/mol. The third-order valence-corrected chi connectivity index (χ3v) is 14.6. The molecular weight excluding hydrogens is 1060 g/mol. The molecule has 0 unspecified atom stereocenters. The van der Waals surface area contributed by atoms with Gasteiger partial charge in [0.25, 0.3) is 5.82 Å². The molecule has 10 aromatic rings. The van der Waals surface area contributed by atoms with Crippen molar-refractivity contribution in [3.63, 3.8) is 0 Å². The fraction of sp³-hybridized carbons (Fsp3) is 0.586. The number of rotatable bonds is 0. The molecule has 464 valence electrons. The lowest BCUT2D eigenvalue weighted by Gasteiger charge is -1.90. The standard InChI is InChI=1S/C8H15N2.3C7H12N2.5C5H9N3.C4H6N2O/c1-6-7(2)10(5)8(3)9(6)4;3*1-5-6(2)8-9(4)7(5)3;2*1-4-6-7-5(2)8(4)3;3*1-4-6-5(2)8(3)7-4;1-3-5-4(2)7-6-3/h1-5H3;3*1-4H3;5*1-3H3;1-2H3/q+1;;;;;;;;;. The maximum Gasteiger partial charge on any atom is 0.253 e. The van der Waals surface area contributed by atoms with Crippen molar-refractivity contribution >= 4 is 0 Å². The zero-order valence-corrected chi connectivity index (χ0v) is 57.6. The first-order valence-corrected chi connectivity index (χ1v) is 27.6. The summed E-state index contributed by atoms with van der Waals surface area (Å²) in [6.07, 6.45) is 0. The predicted octanol–water partition coefficient (Wildman–Crippen LogP) is 7.66. The quantitative estimate of drug-likeness (QED) is 0.132. The van der Waals surface area contributed by atoms with Crippen molar-refractivity contribution in [3.8, 4) is 0 Å². The largest absolute Gasteiger partial charge is 0.340 e. The highest BCUT2D eigenvalue weighted by Crippen LogP contribution is 2.10. The highest BCUT2D eigenvalue weighted by Gasteiger charge is 2.15. The van der Waals surface area contributed by atoms with Crippen molar-refractivity contribution in [3.05, 3.63) is 138 Å². The summed E-state index contributed by atoms with van der Waals surface area (Å²) in [4.78, 5) is 16.0. The summed E-state index contributed by atoms with van der Waals surface area (Å²) in [5, 5.41) is 43.6. The van der Waals surface area contributed by atoms with Gasteiger partial charge < -0.3 is 13.7 Å². The minimum atomic E-state index is 0.623. The Morgan fingerprint density at radius 3 is 0.631 bits per heavy atom. The predicted molar refractivity (Wildman–Crippen MR) is 329 cm³/mol. The minimum Gasteiger partial charge on any atom is -0.340 e. The van der Waals surface area contributed by atoms with E-state index in [9.17, 15) is 0 Å². The fourth-order valence-electron chi connectivity index (χ4n) is 7.12. The van der Waals surface area contributed by atoms with Crippen molar-refractivity contribution in [1.29, 1.82) is 0 Å². The molecule has 26 heteroatoms. The number of hydrogen-bond acceptors (Lipinski definition) is 16. The lowest BCUT2D eigenvalue weighted by Crippen LogP contribution is -2.32. The van der Waals surface area contributed by atoms with E-state index >= 15 is 0 Å². The van der Waals surface area contributed by atoms with Gasteiger partial charge in [-0.2, -0.15) is 35.6 Å². The summed E-state index contributed by atoms with van der Waals surface area (Å²) in [6, 6.07) is 0. The summed E-state index contributed by atoms with van der Waals surface area (Å²) in [5.41, 5.74) is 13.8. The third-order valence-electron chi connectivity index (χ3n) is 14.6. The van der Waals surface area contributed by atoms with Gasteiger partial charge in [0.1, 0.15) is 69.6 Å². The molecule has 84 heavy (non-hydrogen) atoms. The van der Waals surface area contributed by atoms with Crippen LogP contribution in [0.1, 0.15) is 138 Å². The molecule has 0 radical (unpaired) electrons. The van der Waals surface area contributed by atoms with E-state index in [4.69, 9.17) is 0 Å². The van der Waals surface area contributed by atoms with Crippen LogP contribution in [0.4, 0.5) is 0 Å². The maximum atomic E-state index is 4.60. The average Bonchev–Trinajstić information content (AvgIpc) is 4.42. The van der Waals surface area contributed by atoms with Gasteiger partial charge in [-0.25, -0.2) is 24.1 Å². The molecule has 0 atom stereocenters. The smallest absolute Gasteiger partial charge is 0.253 e. The normalized spacial score (nSPS) is 10.0. The lowest BCUT2D eigenvalue weighted by atomic mass is 10.2. The van der Waals surface area contributed by atoms with Crippen LogP contribution in [0.5, 0.6) is 0 Å². The van der Waals surface area contributed by atoms with Crippen molar-refractivity contribution in [2.24, 2.45) is 70.5 Å². The SMILES string of the molecule is Cc1c(C)[n+](C)c(C)n1C.Cc1nc(C)n(C)n1.Cc1nc(C)n(C)n1.Cc1nc(C)n(C)n1.Cc1nn(C)c(C)c1C.Cc1nn(C)c(C)c1C.Cc1nn(C)c(C)c1C.Cc1nnc(C)n1C.Cc1nnc(C)n1C.Cc1noc(C)n1. The van der Waals surface area contributed by atoms with Gasteiger partial charge in [0, 0.05) is 101 Å². The van der Waals surface area contributed by atoms with E-state index in [1.807, 2.05) is 170 Å². The van der Waals surface area contributed by atoms with Crippen LogP contribution in [0.25, 0.3) is 0 Å². The molecule has 0 bridgehead atoms. The Morgan fingerprint density at radius 2 is 0.571 bits per heavy atom. The van der Waals surface area contributed by atoms with E-state index in [2.05, 4.69) is 166 Å². The Bertz CT molecular complexity index is 3050. The zero-order valence-electron chi connectivity index (χ0n) is 57.6. The number of nitrogens with zero attached hydrogens (tertiary/aromatic N) is 25. The summed E-state index contributed by atoms with van der Waals surface area (Å²) in [5.74, 6) is 11.9. The molecule has 26 nitrogen and oxygen atoms in total. The first-order valence-electron chi connectivity index (χ1n) is 27.6. The van der Waals surface area contributed by atoms with Crippen LogP contribution >= 0.6 is 0 Å². The Labute approximate surface area is 499 Å². The molecular formula is C58H102N25O+. The van der Waals surface area contributed by atoms with Crippen LogP contribution in [0.15, 0.2) is 4.52 Å². The molecule has 10 aromatic heterocycles. The Kier molecular flexibility index (Phi) is 29.6. The molecule has 0 fully saturated rings. The van der Waals surface area contributed by atoms with Gasteiger partial charge in [0.15, 0.2) is 5.82 Å². The van der Waals surface area contributed by atoms with E-state index in [0.29, 0.717) is 11.7 Å². The summed E-state index contributed by atoms with van der Waals surface area (Å²) >= 11 is 0. The summed E-state index contributed by atoms with van der Waals surface area (Å²) < 4.78 is 23.9. The second kappa shape index (κ2) is 33.7. The van der Waals surface area contributed by atoms with Crippen molar-refractivity contribution in [2.45, 2.75) is 166 Å². The van der Waals surface area contributed by atoms with Crippen LogP contribution in [0, 0.1) is 166 Å². The van der Waals surface area contributed by atoms with E-state index in [-0.39, 0.29) is 0 Å². The molecule has 0 aliphatic rings. The Balaban J connectivity index is 0.000000467. The molecule has 0 saturated heterocycles. The molecule has 0 N–H and O–H groups in total. The highest BCUT2D eigenvalue weighted by atomic mass is 16.5. The first kappa shape index (κ1) is 73.7. The lowest BCUT2D eigenvalue weighted by molar-refractivity contribution is -0.683. The Morgan fingerprint density at radius 1 is 0.298 bits per heavy atom.